The molecule has 0 aliphatic carbocycles. The van der Waals surface area contributed by atoms with Crippen molar-refractivity contribution in [2.24, 2.45) is 0 Å². The Morgan fingerprint density at radius 3 is 2.34 bits per heavy atom. The van der Waals surface area contributed by atoms with Crippen LogP contribution in [-0.4, -0.2) is 37.2 Å². The van der Waals surface area contributed by atoms with Crippen molar-refractivity contribution in [3.63, 3.8) is 0 Å². The van der Waals surface area contributed by atoms with Crippen LogP contribution in [0.25, 0.3) is 0 Å². The molecule has 3 aromatic carbocycles. The molecule has 1 amide bonds. The molecule has 41 heavy (non-hydrogen) atoms. The summed E-state index contributed by atoms with van der Waals surface area (Å²) >= 11 is 6.02. The summed E-state index contributed by atoms with van der Waals surface area (Å²) in [6, 6.07) is 11.3. The molecule has 0 saturated carbocycles. The van der Waals surface area contributed by atoms with E-state index < -0.39 is 33.0 Å². The highest BCUT2D eigenvalue weighted by atomic mass is 35.5. The Hall–Kier alpha value is -3.71. The van der Waals surface area contributed by atoms with E-state index in [9.17, 15) is 29.0 Å². The summed E-state index contributed by atoms with van der Waals surface area (Å²) < 4.78 is 78.8. The van der Waals surface area contributed by atoms with Gasteiger partial charge in [-0.25, -0.2) is 0 Å². The number of carbonyl (C=O) groups excluding carboxylic acids is 1. The number of carboxylic acid groups (broad SMARTS) is 1. The Bertz CT molecular complexity index is 1470. The minimum Gasteiger partial charge on any atom is -0.497 e. The number of nitrogens with zero attached hydrogens (tertiary/aromatic N) is 1. The lowest BCUT2D eigenvalue weighted by Crippen LogP contribution is -2.37. The maximum Gasteiger partial charge on any atom is 0.310 e. The van der Waals surface area contributed by atoms with Gasteiger partial charge in [-0.3, -0.25) is 9.59 Å². The third kappa shape index (κ3) is 7.53. The minimum atomic E-state index is -9.99. The fourth-order valence-corrected chi connectivity index (χ4v) is 5.15. The van der Waals surface area contributed by atoms with Crippen LogP contribution in [0.3, 0.4) is 0 Å². The van der Waals surface area contributed by atoms with Gasteiger partial charge in [-0.2, -0.15) is 0 Å². The van der Waals surface area contributed by atoms with Crippen LogP contribution in [-0.2, 0) is 16.0 Å². The molecule has 1 unspecified atom stereocenters. The van der Waals surface area contributed by atoms with Gasteiger partial charge in [0.15, 0.2) is 0 Å². The second-order valence-electron chi connectivity index (χ2n) is 9.37. The fourth-order valence-electron chi connectivity index (χ4n) is 4.36. The molecule has 14 heteroatoms. The molecule has 0 radical (unpaired) electrons. The van der Waals surface area contributed by atoms with Gasteiger partial charge in [0.1, 0.15) is 22.4 Å². The van der Waals surface area contributed by atoms with Gasteiger partial charge in [-0.1, -0.05) is 49.2 Å². The summed E-state index contributed by atoms with van der Waals surface area (Å²) in [6.07, 6.45) is 0.336. The Kier molecular flexibility index (Phi) is 7.82. The van der Waals surface area contributed by atoms with Gasteiger partial charge in [0, 0.05) is 47.6 Å². The molecule has 4 rings (SSSR count). The summed E-state index contributed by atoms with van der Waals surface area (Å²) in [6.45, 7) is 0.0806. The number of anilines is 2. The summed E-state index contributed by atoms with van der Waals surface area (Å²) in [5.74, 6) is -0.997. The Balaban J connectivity index is 1.68. The van der Waals surface area contributed by atoms with Crippen LogP contribution in [0.1, 0.15) is 30.0 Å². The van der Waals surface area contributed by atoms with Crippen molar-refractivity contribution in [3.05, 3.63) is 76.8 Å². The zero-order valence-corrected chi connectivity index (χ0v) is 23.2. The van der Waals surface area contributed by atoms with Gasteiger partial charge in [-0.05, 0) is 48.2 Å². The monoisotopic (exact) mass is 620 g/mol. The summed E-state index contributed by atoms with van der Waals surface area (Å²) in [7, 11) is -8.58. The number of nitrogens with one attached hydrogen (secondary N) is 1. The number of halogens is 6. The van der Waals surface area contributed by atoms with Crippen LogP contribution < -0.4 is 19.7 Å². The first-order chi connectivity index (χ1) is 19.0. The lowest BCUT2D eigenvalue weighted by molar-refractivity contribution is -0.137. The SMILES string of the molecule is COc1cc(NC(C(=O)N2CCc3ccc(S(F)(F)(F)(F)F)cc32)c2ccc(Cl)cc2)cc(OCCCC(=O)O)c1. The van der Waals surface area contributed by atoms with E-state index >= 15 is 0 Å². The molecule has 1 aliphatic heterocycles. The van der Waals surface area contributed by atoms with Gasteiger partial charge < -0.3 is 24.8 Å². The second-order valence-corrected chi connectivity index (χ2v) is 12.2. The Morgan fingerprint density at radius 2 is 1.71 bits per heavy atom. The van der Waals surface area contributed by atoms with Gasteiger partial charge in [0.2, 0.25) is 0 Å². The standard InChI is InChI=1S/C27H26ClF5N2O5S/c1-39-21-13-20(14-22(15-21)40-12-2-3-25(36)37)34-26(18-4-7-19(28)8-5-18)27(38)35-11-10-17-6-9-23(16-24(17)35)41(29,30,31,32)33/h4-9,13-16,26,34H,2-3,10-12H2,1H3,(H,36,37). The highest BCUT2D eigenvalue weighted by molar-refractivity contribution is 8.45. The maximum absolute atomic E-state index is 13.9. The van der Waals surface area contributed by atoms with Crippen molar-refractivity contribution in [2.75, 3.05) is 30.5 Å². The number of carboxylic acids is 1. The summed E-state index contributed by atoms with van der Waals surface area (Å²) in [4.78, 5) is 23.6. The van der Waals surface area contributed by atoms with Crippen molar-refractivity contribution in [2.45, 2.75) is 30.2 Å². The number of carbonyl (C=O) groups is 2. The molecule has 0 fully saturated rings. The third-order valence-corrected chi connectivity index (χ3v) is 7.74. The zero-order chi connectivity index (χ0) is 30.1. The molecular formula is C27H26ClF5N2O5S. The van der Waals surface area contributed by atoms with E-state index in [2.05, 4.69) is 5.32 Å². The Morgan fingerprint density at radius 1 is 1.02 bits per heavy atom. The molecular weight excluding hydrogens is 595 g/mol. The Labute approximate surface area is 237 Å². The molecule has 2 N–H and O–H groups in total. The molecule has 3 aromatic rings. The number of rotatable bonds is 11. The zero-order valence-electron chi connectivity index (χ0n) is 21.6. The van der Waals surface area contributed by atoms with Crippen molar-refractivity contribution >= 4 is 45.1 Å². The number of aliphatic carboxylic acids is 1. The molecule has 0 bridgehead atoms. The van der Waals surface area contributed by atoms with Gasteiger partial charge in [0.25, 0.3) is 5.91 Å². The van der Waals surface area contributed by atoms with Crippen LogP contribution in [0, 0.1) is 0 Å². The maximum atomic E-state index is 13.9. The van der Waals surface area contributed by atoms with E-state index in [1.165, 1.54) is 19.2 Å². The average molecular weight is 621 g/mol. The van der Waals surface area contributed by atoms with Crippen molar-refractivity contribution in [1.29, 1.82) is 0 Å². The number of amides is 1. The molecule has 0 spiro atoms. The second kappa shape index (κ2) is 10.6. The van der Waals surface area contributed by atoms with Crippen LogP contribution in [0.4, 0.5) is 30.8 Å². The number of methoxy groups -OCH3 is 1. The number of hydrogen-bond acceptors (Lipinski definition) is 5. The first-order valence-electron chi connectivity index (χ1n) is 12.3. The molecule has 1 heterocycles. The van der Waals surface area contributed by atoms with Crippen molar-refractivity contribution < 1.29 is 43.6 Å². The number of benzene rings is 3. The lowest BCUT2D eigenvalue weighted by atomic mass is 10.0. The van der Waals surface area contributed by atoms with E-state index in [0.29, 0.717) is 45.5 Å². The van der Waals surface area contributed by atoms with Crippen LogP contribution in [0.2, 0.25) is 5.02 Å². The van der Waals surface area contributed by atoms with Gasteiger partial charge in [-0.15, -0.1) is 0 Å². The van der Waals surface area contributed by atoms with E-state index in [0.717, 1.165) is 11.0 Å². The predicted molar refractivity (Wildman–Crippen MR) is 147 cm³/mol. The van der Waals surface area contributed by atoms with Crippen LogP contribution in [0.15, 0.2) is 65.6 Å². The first kappa shape index (κ1) is 30.3. The van der Waals surface area contributed by atoms with E-state index in [-0.39, 0.29) is 38.1 Å². The van der Waals surface area contributed by atoms with Gasteiger partial charge in [0.05, 0.1) is 13.7 Å². The van der Waals surface area contributed by atoms with E-state index in [1.807, 2.05) is 0 Å². The number of ether oxygens (including phenoxy) is 2. The topological polar surface area (TPSA) is 88.1 Å². The molecule has 1 atom stereocenters. The number of fused-ring (bicyclic) bond motifs is 1. The predicted octanol–water partition coefficient (Wildman–Crippen LogP) is 7.99. The van der Waals surface area contributed by atoms with Crippen molar-refractivity contribution in [3.8, 4) is 11.5 Å². The lowest BCUT2D eigenvalue weighted by Gasteiger charge is -2.41. The minimum absolute atomic E-state index is 0.0141. The fraction of sp³-hybridized carbons (Fsp3) is 0.259. The van der Waals surface area contributed by atoms with E-state index in [4.69, 9.17) is 26.2 Å². The quantitative estimate of drug-likeness (QED) is 0.167. The third-order valence-electron chi connectivity index (χ3n) is 6.34. The molecule has 0 aromatic heterocycles. The molecule has 222 valence electrons. The van der Waals surface area contributed by atoms with Crippen LogP contribution in [0.5, 0.6) is 11.5 Å². The first-order valence-corrected chi connectivity index (χ1v) is 14.6. The summed E-state index contributed by atoms with van der Waals surface area (Å²) in [5.41, 5.74) is 0.835. The normalized spacial score (nSPS) is 15.3. The highest BCUT2D eigenvalue weighted by Crippen LogP contribution is 3.02. The average Bonchev–Trinajstić information content (AvgIpc) is 3.32. The molecule has 1 aliphatic rings. The van der Waals surface area contributed by atoms with E-state index in [1.54, 1.807) is 30.3 Å². The smallest absolute Gasteiger partial charge is 0.310 e. The molecule has 7 nitrogen and oxygen atoms in total. The summed E-state index contributed by atoms with van der Waals surface area (Å²) in [5, 5.41) is 12.3. The highest BCUT2D eigenvalue weighted by Gasteiger charge is 2.65. The molecule has 0 saturated heterocycles. The van der Waals surface area contributed by atoms with Crippen LogP contribution >= 0.6 is 21.8 Å². The largest absolute Gasteiger partial charge is 0.497 e. The van der Waals surface area contributed by atoms with Gasteiger partial charge >= 0.3 is 16.2 Å². The number of hydrogen-bond donors (Lipinski definition) is 2. The van der Waals surface area contributed by atoms with Crippen molar-refractivity contribution in [1.82, 2.24) is 0 Å².